The Balaban J connectivity index is 1.69. The van der Waals surface area contributed by atoms with E-state index in [4.69, 9.17) is 14.2 Å². The van der Waals surface area contributed by atoms with Gasteiger partial charge in [0, 0.05) is 12.2 Å². The number of hydrogen-bond donors (Lipinski definition) is 2. The molecule has 29 heavy (non-hydrogen) atoms. The topological polar surface area (TPSA) is 80.2 Å². The highest BCUT2D eigenvalue weighted by atomic mass is 16.5. The van der Waals surface area contributed by atoms with E-state index in [1.165, 1.54) is 4.90 Å². The van der Waals surface area contributed by atoms with Gasteiger partial charge in [0.1, 0.15) is 26.2 Å². The highest BCUT2D eigenvalue weighted by molar-refractivity contribution is 5.44. The maximum Gasteiger partial charge on any atom is 0.214 e. The van der Waals surface area contributed by atoms with Gasteiger partial charge in [0.2, 0.25) is 5.82 Å². The molecule has 2 N–H and O–H groups in total. The number of quaternary nitrogens is 2. The van der Waals surface area contributed by atoms with Gasteiger partial charge in [0.25, 0.3) is 0 Å². The minimum Gasteiger partial charge on any atom is -0.493 e. The summed E-state index contributed by atoms with van der Waals surface area (Å²) >= 11 is 0. The molecule has 0 aliphatic carbocycles. The van der Waals surface area contributed by atoms with Crippen molar-refractivity contribution >= 4 is 0 Å². The fraction of sp³-hybridized carbons (Fsp3) is 0.650. The van der Waals surface area contributed by atoms with E-state index < -0.39 is 0 Å². The minimum atomic E-state index is 0.0410. The number of ether oxygens (including phenoxy) is 3. The van der Waals surface area contributed by atoms with Crippen LogP contribution in [0.15, 0.2) is 18.2 Å². The highest BCUT2D eigenvalue weighted by Crippen LogP contribution is 2.31. The molecule has 0 unspecified atom stereocenters. The summed E-state index contributed by atoms with van der Waals surface area (Å²) in [7, 11) is 5.58. The van der Waals surface area contributed by atoms with E-state index in [0.29, 0.717) is 6.54 Å². The van der Waals surface area contributed by atoms with Crippen LogP contribution in [0.2, 0.25) is 0 Å². The molecule has 2 fully saturated rings. The summed E-state index contributed by atoms with van der Waals surface area (Å²) < 4.78 is 18.8. The first-order valence-electron chi connectivity index (χ1n) is 10.4. The second kappa shape index (κ2) is 9.06. The Morgan fingerprint density at radius 2 is 1.97 bits per heavy atom. The number of hydrogen-bond acceptors (Lipinski definition) is 6. The third kappa shape index (κ3) is 4.36. The zero-order valence-corrected chi connectivity index (χ0v) is 17.6. The van der Waals surface area contributed by atoms with Crippen LogP contribution in [-0.4, -0.2) is 80.4 Å². The van der Waals surface area contributed by atoms with Crippen LogP contribution in [0.25, 0.3) is 0 Å². The van der Waals surface area contributed by atoms with Crippen molar-refractivity contribution < 1.29 is 24.0 Å². The molecule has 9 nitrogen and oxygen atoms in total. The molecule has 1 aromatic carbocycles. The molecule has 2 aliphatic heterocycles. The standard InChI is InChI=1S/C20H30N6O3/c1-24-8-10-25(11-9-24)19(15-6-7-17(27-2)18(13-15)28-3)20-21-22-23-26(20)14-16-5-4-12-29-16/h6-7,13,16,19H,4-5,8-12,14H2,1-3H3/p+2/t16-,19+/m0/s1. The Bertz CT molecular complexity index is 799. The number of piperazine rings is 1. The van der Waals surface area contributed by atoms with Gasteiger partial charge < -0.3 is 24.0 Å². The quantitative estimate of drug-likeness (QED) is 0.577. The third-order valence-corrected chi connectivity index (χ3v) is 6.11. The van der Waals surface area contributed by atoms with Crippen LogP contribution in [0.3, 0.4) is 0 Å². The van der Waals surface area contributed by atoms with Crippen molar-refractivity contribution in [1.29, 1.82) is 0 Å². The maximum atomic E-state index is 5.83. The average molecular weight is 405 g/mol. The molecule has 0 radical (unpaired) electrons. The Hall–Kier alpha value is -2.23. The van der Waals surface area contributed by atoms with Crippen molar-refractivity contribution in [3.05, 3.63) is 29.6 Å². The lowest BCUT2D eigenvalue weighted by molar-refractivity contribution is -1.02. The van der Waals surface area contributed by atoms with Gasteiger partial charge in [0.05, 0.1) is 33.9 Å². The Labute approximate surface area is 171 Å². The largest absolute Gasteiger partial charge is 0.493 e. The summed E-state index contributed by atoms with van der Waals surface area (Å²) in [6.07, 6.45) is 2.36. The third-order valence-electron chi connectivity index (χ3n) is 6.11. The number of likely N-dealkylation sites (N-methyl/N-ethyl adjacent to an activating group) is 1. The minimum absolute atomic E-state index is 0.0410. The first-order chi connectivity index (χ1) is 14.2. The van der Waals surface area contributed by atoms with E-state index in [-0.39, 0.29) is 12.1 Å². The number of aromatic nitrogens is 4. The van der Waals surface area contributed by atoms with Gasteiger partial charge in [-0.05, 0) is 41.5 Å². The molecule has 0 amide bonds. The number of nitrogens with zero attached hydrogens (tertiary/aromatic N) is 4. The highest BCUT2D eigenvalue weighted by Gasteiger charge is 2.36. The van der Waals surface area contributed by atoms with E-state index in [9.17, 15) is 0 Å². The maximum absolute atomic E-state index is 5.83. The molecule has 3 heterocycles. The van der Waals surface area contributed by atoms with E-state index in [1.807, 2.05) is 10.7 Å². The Morgan fingerprint density at radius 3 is 2.66 bits per heavy atom. The first kappa shape index (κ1) is 20.1. The summed E-state index contributed by atoms with van der Waals surface area (Å²) in [6, 6.07) is 6.18. The molecule has 9 heteroatoms. The summed E-state index contributed by atoms with van der Waals surface area (Å²) in [4.78, 5) is 3.05. The summed E-state index contributed by atoms with van der Waals surface area (Å²) in [5.74, 6) is 2.35. The molecule has 2 atom stereocenters. The second-order valence-corrected chi connectivity index (χ2v) is 8.02. The predicted molar refractivity (Wildman–Crippen MR) is 105 cm³/mol. The number of rotatable bonds is 7. The van der Waals surface area contributed by atoms with Gasteiger partial charge in [-0.2, -0.15) is 0 Å². The average Bonchev–Trinajstić information content (AvgIpc) is 3.42. The van der Waals surface area contributed by atoms with Crippen molar-refractivity contribution in [2.24, 2.45) is 0 Å². The van der Waals surface area contributed by atoms with Gasteiger partial charge in [-0.3, -0.25) is 0 Å². The number of methoxy groups -OCH3 is 2. The van der Waals surface area contributed by atoms with Crippen molar-refractivity contribution in [1.82, 2.24) is 20.2 Å². The zero-order chi connectivity index (χ0) is 20.2. The van der Waals surface area contributed by atoms with Gasteiger partial charge in [0.15, 0.2) is 17.5 Å². The normalized spacial score (nSPS) is 25.7. The smallest absolute Gasteiger partial charge is 0.214 e. The van der Waals surface area contributed by atoms with Crippen LogP contribution < -0.4 is 19.3 Å². The van der Waals surface area contributed by atoms with Crippen LogP contribution in [0, 0.1) is 0 Å². The molecule has 2 aromatic rings. The van der Waals surface area contributed by atoms with Gasteiger partial charge in [-0.1, -0.05) is 0 Å². The Morgan fingerprint density at radius 1 is 1.17 bits per heavy atom. The molecule has 2 saturated heterocycles. The molecule has 158 valence electrons. The molecule has 0 spiro atoms. The van der Waals surface area contributed by atoms with Crippen LogP contribution in [0.4, 0.5) is 0 Å². The molecule has 4 rings (SSSR count). The fourth-order valence-corrected chi connectivity index (χ4v) is 4.42. The monoisotopic (exact) mass is 404 g/mol. The van der Waals surface area contributed by atoms with Crippen LogP contribution in [0.1, 0.15) is 30.3 Å². The van der Waals surface area contributed by atoms with E-state index in [0.717, 1.165) is 68.5 Å². The predicted octanol–water partition coefficient (Wildman–Crippen LogP) is -1.63. The van der Waals surface area contributed by atoms with Gasteiger partial charge in [-0.15, -0.1) is 5.10 Å². The SMILES string of the molecule is COc1ccc([C@H](c2nnnn2C[C@@H]2CCCO2)[NH+]2CC[NH+](C)CC2)cc1OC. The summed E-state index contributed by atoms with van der Waals surface area (Å²) in [5, 5.41) is 12.8. The van der Waals surface area contributed by atoms with Crippen molar-refractivity contribution in [2.45, 2.75) is 31.5 Å². The van der Waals surface area contributed by atoms with Gasteiger partial charge in [-0.25, -0.2) is 4.68 Å². The van der Waals surface area contributed by atoms with Gasteiger partial charge >= 0.3 is 0 Å². The molecule has 0 bridgehead atoms. The van der Waals surface area contributed by atoms with Crippen molar-refractivity contribution in [2.75, 3.05) is 54.1 Å². The lowest BCUT2D eigenvalue weighted by Gasteiger charge is -2.33. The van der Waals surface area contributed by atoms with E-state index in [1.54, 1.807) is 19.1 Å². The number of tetrazole rings is 1. The number of nitrogens with one attached hydrogen (secondary N) is 2. The summed E-state index contributed by atoms with van der Waals surface area (Å²) in [6.45, 7) is 5.92. The molecular weight excluding hydrogens is 372 g/mol. The first-order valence-corrected chi connectivity index (χ1v) is 10.4. The number of benzene rings is 1. The lowest BCUT2D eigenvalue weighted by Crippen LogP contribution is -3.27. The van der Waals surface area contributed by atoms with Crippen molar-refractivity contribution in [3.8, 4) is 11.5 Å². The van der Waals surface area contributed by atoms with Crippen LogP contribution in [-0.2, 0) is 11.3 Å². The fourth-order valence-electron chi connectivity index (χ4n) is 4.42. The lowest BCUT2D eigenvalue weighted by atomic mass is 10.0. The van der Waals surface area contributed by atoms with Crippen molar-refractivity contribution in [3.63, 3.8) is 0 Å². The summed E-state index contributed by atoms with van der Waals surface area (Å²) in [5.41, 5.74) is 1.14. The molecule has 0 saturated carbocycles. The van der Waals surface area contributed by atoms with E-state index in [2.05, 4.69) is 34.7 Å². The van der Waals surface area contributed by atoms with Crippen LogP contribution in [0.5, 0.6) is 11.5 Å². The Kier molecular flexibility index (Phi) is 6.27. The van der Waals surface area contributed by atoms with E-state index >= 15 is 0 Å². The molecule has 2 aliphatic rings. The molecular formula is C20H32N6O3+2. The molecule has 1 aromatic heterocycles. The van der Waals surface area contributed by atoms with Crippen LogP contribution >= 0.6 is 0 Å². The second-order valence-electron chi connectivity index (χ2n) is 8.02. The zero-order valence-electron chi connectivity index (χ0n) is 17.6.